The number of benzene rings is 1. The summed E-state index contributed by atoms with van der Waals surface area (Å²) in [6.07, 6.45) is 1.12. The minimum Gasteiger partial charge on any atom is -0.352 e. The maximum atomic E-state index is 4.01. The Bertz CT molecular complexity index is 264. The van der Waals surface area contributed by atoms with Gasteiger partial charge in [-0.1, -0.05) is 31.2 Å². The third-order valence-electron chi connectivity index (χ3n) is 2.78. The lowest BCUT2D eigenvalue weighted by atomic mass is 10.0. The minimum atomic E-state index is 0.529. The molecule has 1 rings (SSSR count). The minimum absolute atomic E-state index is 0.529. The summed E-state index contributed by atoms with van der Waals surface area (Å²) in [5.74, 6) is 0. The van der Waals surface area contributed by atoms with Gasteiger partial charge in [-0.15, -0.1) is 0 Å². The summed E-state index contributed by atoms with van der Waals surface area (Å²) in [6.45, 7) is 3.14. The molecule has 0 aromatic heterocycles. The van der Waals surface area contributed by atoms with Gasteiger partial charge in [0.2, 0.25) is 0 Å². The lowest BCUT2D eigenvalue weighted by molar-refractivity contribution is -0.899. The first-order valence-electron chi connectivity index (χ1n) is 5.37. The van der Waals surface area contributed by atoms with Crippen LogP contribution in [0.3, 0.4) is 0 Å². The Morgan fingerprint density at radius 1 is 1.21 bits per heavy atom. The number of rotatable bonds is 4. The highest BCUT2D eigenvalue weighted by atomic mass is 15.1. The normalized spacial score (nSPS) is 13.2. The van der Waals surface area contributed by atoms with Crippen molar-refractivity contribution in [1.82, 2.24) is 0 Å². The van der Waals surface area contributed by atoms with E-state index < -0.39 is 0 Å². The molecule has 0 spiro atoms. The van der Waals surface area contributed by atoms with E-state index in [-0.39, 0.29) is 0 Å². The molecule has 0 bridgehead atoms. The monoisotopic (exact) mass is 194 g/mol. The summed E-state index contributed by atoms with van der Waals surface area (Å²) < 4.78 is 0. The van der Waals surface area contributed by atoms with Gasteiger partial charge < -0.3 is 10.6 Å². The second kappa shape index (κ2) is 5.13. The Kier molecular flexibility index (Phi) is 4.11. The topological polar surface area (TPSA) is 32.1 Å². The number of quaternary nitrogens is 2. The van der Waals surface area contributed by atoms with Crippen molar-refractivity contribution in [3.63, 3.8) is 0 Å². The van der Waals surface area contributed by atoms with Crippen molar-refractivity contribution in [2.45, 2.75) is 19.4 Å². The summed E-state index contributed by atoms with van der Waals surface area (Å²) in [4.78, 5) is 1.45. The second-order valence-electron chi connectivity index (χ2n) is 4.01. The number of aryl methyl sites for hydroxylation is 1. The lowest BCUT2D eigenvalue weighted by Gasteiger charge is -2.18. The van der Waals surface area contributed by atoms with E-state index in [0.29, 0.717) is 6.04 Å². The number of hydrogen-bond donors (Lipinski definition) is 2. The predicted molar refractivity (Wildman–Crippen MR) is 59.1 cm³/mol. The zero-order valence-corrected chi connectivity index (χ0v) is 9.51. The molecule has 0 unspecified atom stereocenters. The molecule has 1 aromatic carbocycles. The van der Waals surface area contributed by atoms with E-state index in [1.807, 2.05) is 0 Å². The van der Waals surface area contributed by atoms with Crippen LogP contribution < -0.4 is 10.6 Å². The van der Waals surface area contributed by atoms with Gasteiger partial charge in [0.25, 0.3) is 0 Å². The van der Waals surface area contributed by atoms with E-state index in [9.17, 15) is 0 Å². The predicted octanol–water partition coefficient (Wildman–Crippen LogP) is -0.323. The van der Waals surface area contributed by atoms with Gasteiger partial charge in [0, 0.05) is 5.56 Å². The maximum absolute atomic E-state index is 4.01. The van der Waals surface area contributed by atoms with E-state index in [0.717, 1.165) is 13.0 Å². The molecule has 0 radical (unpaired) electrons. The summed E-state index contributed by atoms with van der Waals surface area (Å²) in [6, 6.07) is 9.45. The van der Waals surface area contributed by atoms with Crippen LogP contribution in [0, 0.1) is 0 Å². The summed E-state index contributed by atoms with van der Waals surface area (Å²) in [5.41, 5.74) is 6.81. The highest BCUT2D eigenvalue weighted by molar-refractivity contribution is 5.23. The van der Waals surface area contributed by atoms with Crippen LogP contribution in [0.5, 0.6) is 0 Å². The first-order chi connectivity index (χ1) is 6.69. The van der Waals surface area contributed by atoms with Gasteiger partial charge in [-0.05, 0) is 12.0 Å². The van der Waals surface area contributed by atoms with Gasteiger partial charge in [0.05, 0.1) is 14.1 Å². The molecule has 1 atom stereocenters. The highest BCUT2D eigenvalue weighted by Crippen LogP contribution is 2.10. The van der Waals surface area contributed by atoms with Gasteiger partial charge in [-0.25, -0.2) is 0 Å². The fraction of sp³-hybridized carbons (Fsp3) is 0.500. The van der Waals surface area contributed by atoms with Gasteiger partial charge in [0.15, 0.2) is 6.04 Å². The Labute approximate surface area is 86.7 Å². The van der Waals surface area contributed by atoms with E-state index in [4.69, 9.17) is 0 Å². The van der Waals surface area contributed by atoms with Crippen molar-refractivity contribution < 1.29 is 10.6 Å². The quantitative estimate of drug-likeness (QED) is 0.658. The summed E-state index contributed by atoms with van der Waals surface area (Å²) in [5, 5.41) is 0. The lowest BCUT2D eigenvalue weighted by Crippen LogP contribution is -3.07. The number of nitrogens with one attached hydrogen (secondary N) is 1. The van der Waals surface area contributed by atoms with Crippen LogP contribution in [0.1, 0.15) is 24.1 Å². The summed E-state index contributed by atoms with van der Waals surface area (Å²) in [7, 11) is 4.37. The molecule has 0 fully saturated rings. The van der Waals surface area contributed by atoms with Gasteiger partial charge in [-0.2, -0.15) is 0 Å². The molecule has 0 saturated heterocycles. The molecule has 0 amide bonds. The zero-order valence-electron chi connectivity index (χ0n) is 9.51. The van der Waals surface area contributed by atoms with Gasteiger partial charge in [0.1, 0.15) is 6.54 Å². The van der Waals surface area contributed by atoms with Crippen LogP contribution in [-0.4, -0.2) is 20.6 Å². The molecule has 2 heteroatoms. The van der Waals surface area contributed by atoms with Crippen molar-refractivity contribution in [3.05, 3.63) is 35.4 Å². The molecule has 0 saturated carbocycles. The Hall–Kier alpha value is -0.860. The van der Waals surface area contributed by atoms with Crippen molar-refractivity contribution in [2.75, 3.05) is 20.6 Å². The number of hydrogen-bond acceptors (Lipinski definition) is 0. The Morgan fingerprint density at radius 3 is 2.14 bits per heavy atom. The third-order valence-corrected chi connectivity index (χ3v) is 2.78. The van der Waals surface area contributed by atoms with E-state index in [1.54, 1.807) is 0 Å². The van der Waals surface area contributed by atoms with Crippen LogP contribution in [0.25, 0.3) is 0 Å². The Morgan fingerprint density at radius 2 is 1.79 bits per heavy atom. The Balaban J connectivity index is 2.84. The van der Waals surface area contributed by atoms with Gasteiger partial charge in [-0.3, -0.25) is 0 Å². The van der Waals surface area contributed by atoms with E-state index in [2.05, 4.69) is 51.0 Å². The van der Waals surface area contributed by atoms with Crippen LogP contribution in [0.15, 0.2) is 24.3 Å². The van der Waals surface area contributed by atoms with Crippen molar-refractivity contribution in [3.8, 4) is 0 Å². The second-order valence-corrected chi connectivity index (χ2v) is 4.01. The SMILES string of the molecule is CCc1ccc([C@H](C[NH3+])[NH+](C)C)cc1. The fourth-order valence-electron chi connectivity index (χ4n) is 1.77. The molecule has 0 aliphatic heterocycles. The van der Waals surface area contributed by atoms with E-state index in [1.165, 1.54) is 16.0 Å². The molecule has 78 valence electrons. The standard InChI is InChI=1S/C12H20N2/c1-4-10-5-7-11(8-6-10)12(9-13)14(2)3/h5-8,12H,4,9,13H2,1-3H3/p+2/t12-/m0/s1. The molecule has 14 heavy (non-hydrogen) atoms. The molecule has 1 aromatic rings. The third kappa shape index (κ3) is 2.56. The fourth-order valence-corrected chi connectivity index (χ4v) is 1.77. The largest absolute Gasteiger partial charge is 0.352 e. The number of likely N-dealkylation sites (N-methyl/N-ethyl adjacent to an activating group) is 1. The van der Waals surface area contributed by atoms with Gasteiger partial charge >= 0.3 is 0 Å². The molecule has 0 heterocycles. The molecular formula is C12H22N2+2. The molecule has 0 aliphatic carbocycles. The molecule has 4 N–H and O–H groups in total. The maximum Gasteiger partial charge on any atom is 0.162 e. The van der Waals surface area contributed by atoms with E-state index >= 15 is 0 Å². The van der Waals surface area contributed by atoms with Crippen LogP contribution >= 0.6 is 0 Å². The first kappa shape index (κ1) is 11.2. The first-order valence-corrected chi connectivity index (χ1v) is 5.37. The average molecular weight is 194 g/mol. The van der Waals surface area contributed by atoms with Crippen molar-refractivity contribution >= 4 is 0 Å². The van der Waals surface area contributed by atoms with Crippen LogP contribution in [0.2, 0.25) is 0 Å². The van der Waals surface area contributed by atoms with Crippen LogP contribution in [0.4, 0.5) is 0 Å². The molecular weight excluding hydrogens is 172 g/mol. The van der Waals surface area contributed by atoms with Crippen molar-refractivity contribution in [1.29, 1.82) is 0 Å². The molecule has 2 nitrogen and oxygen atoms in total. The molecule has 0 aliphatic rings. The zero-order chi connectivity index (χ0) is 10.6. The van der Waals surface area contributed by atoms with Crippen molar-refractivity contribution in [2.24, 2.45) is 0 Å². The highest BCUT2D eigenvalue weighted by Gasteiger charge is 2.16. The average Bonchev–Trinajstić information content (AvgIpc) is 2.19. The summed E-state index contributed by atoms with van der Waals surface area (Å²) >= 11 is 0. The smallest absolute Gasteiger partial charge is 0.162 e. The van der Waals surface area contributed by atoms with Crippen LogP contribution in [-0.2, 0) is 6.42 Å².